The number of hydrogen-bond acceptors (Lipinski definition) is 2. The summed E-state index contributed by atoms with van der Waals surface area (Å²) < 4.78 is 13.7. The predicted molar refractivity (Wildman–Crippen MR) is 59.2 cm³/mol. The van der Waals surface area contributed by atoms with Crippen LogP contribution in [-0.4, -0.2) is 23.8 Å². The third-order valence-corrected chi connectivity index (χ3v) is 3.44. The van der Waals surface area contributed by atoms with E-state index in [-0.39, 0.29) is 18.2 Å². The fraction of sp³-hybridized carbons (Fsp3) is 0.273. The SMILES string of the molecule is CN1C(=O)CC(c2cc(F)ccc2Br)C1=O. The van der Waals surface area contributed by atoms with E-state index < -0.39 is 11.7 Å². The summed E-state index contributed by atoms with van der Waals surface area (Å²) in [5.74, 6) is -1.49. The lowest BCUT2D eigenvalue weighted by Crippen LogP contribution is -2.25. The zero-order chi connectivity index (χ0) is 11.9. The first-order valence-corrected chi connectivity index (χ1v) is 5.55. The predicted octanol–water partition coefficient (Wildman–Crippen LogP) is 2.06. The van der Waals surface area contributed by atoms with E-state index in [1.807, 2.05) is 0 Å². The number of likely N-dealkylation sites (N-methyl/N-ethyl adjacent to an activating group) is 1. The van der Waals surface area contributed by atoms with Crippen molar-refractivity contribution in [1.82, 2.24) is 4.90 Å². The first kappa shape index (κ1) is 11.3. The van der Waals surface area contributed by atoms with E-state index in [0.717, 1.165) is 4.90 Å². The third-order valence-electron chi connectivity index (χ3n) is 2.71. The quantitative estimate of drug-likeness (QED) is 0.741. The van der Waals surface area contributed by atoms with Crippen molar-refractivity contribution in [3.63, 3.8) is 0 Å². The number of likely N-dealkylation sites (tertiary alicyclic amines) is 1. The van der Waals surface area contributed by atoms with E-state index in [2.05, 4.69) is 15.9 Å². The van der Waals surface area contributed by atoms with Gasteiger partial charge in [-0.3, -0.25) is 14.5 Å². The van der Waals surface area contributed by atoms with Gasteiger partial charge in [0.25, 0.3) is 0 Å². The number of imide groups is 1. The molecule has 0 radical (unpaired) electrons. The van der Waals surface area contributed by atoms with Crippen molar-refractivity contribution in [2.75, 3.05) is 7.05 Å². The second kappa shape index (κ2) is 3.97. The molecule has 1 aliphatic heterocycles. The monoisotopic (exact) mass is 285 g/mol. The fourth-order valence-electron chi connectivity index (χ4n) is 1.78. The second-order valence-corrected chi connectivity index (χ2v) is 4.57. The van der Waals surface area contributed by atoms with Gasteiger partial charge in [-0.25, -0.2) is 4.39 Å². The smallest absolute Gasteiger partial charge is 0.237 e. The van der Waals surface area contributed by atoms with Crippen molar-refractivity contribution in [2.45, 2.75) is 12.3 Å². The van der Waals surface area contributed by atoms with Gasteiger partial charge < -0.3 is 0 Å². The van der Waals surface area contributed by atoms with Crippen molar-refractivity contribution in [1.29, 1.82) is 0 Å². The van der Waals surface area contributed by atoms with Crippen LogP contribution < -0.4 is 0 Å². The second-order valence-electron chi connectivity index (χ2n) is 3.71. The summed E-state index contributed by atoms with van der Waals surface area (Å²) in [6.45, 7) is 0. The summed E-state index contributed by atoms with van der Waals surface area (Å²) in [4.78, 5) is 24.2. The van der Waals surface area contributed by atoms with Gasteiger partial charge in [0.1, 0.15) is 5.82 Å². The number of carbonyl (C=O) groups is 2. The normalized spacial score (nSPS) is 20.7. The number of carbonyl (C=O) groups excluding carboxylic acids is 2. The molecule has 1 saturated heterocycles. The fourth-order valence-corrected chi connectivity index (χ4v) is 2.30. The summed E-state index contributed by atoms with van der Waals surface area (Å²) in [5.41, 5.74) is 0.530. The molecular formula is C11H9BrFNO2. The number of halogens is 2. The zero-order valence-corrected chi connectivity index (χ0v) is 10.1. The van der Waals surface area contributed by atoms with Crippen molar-refractivity contribution < 1.29 is 14.0 Å². The average Bonchev–Trinajstić information content (AvgIpc) is 2.50. The van der Waals surface area contributed by atoms with Crippen molar-refractivity contribution in [3.05, 3.63) is 34.1 Å². The Balaban J connectivity index is 2.42. The van der Waals surface area contributed by atoms with Crippen molar-refractivity contribution in [2.24, 2.45) is 0 Å². The van der Waals surface area contributed by atoms with Gasteiger partial charge in [0.05, 0.1) is 5.92 Å². The van der Waals surface area contributed by atoms with Gasteiger partial charge in [0.15, 0.2) is 0 Å². The van der Waals surface area contributed by atoms with E-state index in [4.69, 9.17) is 0 Å². The molecule has 2 rings (SSSR count). The topological polar surface area (TPSA) is 37.4 Å². The summed E-state index contributed by atoms with van der Waals surface area (Å²) >= 11 is 3.26. The molecule has 1 atom stereocenters. The van der Waals surface area contributed by atoms with E-state index in [0.29, 0.717) is 10.0 Å². The molecule has 0 spiro atoms. The Labute approximate surface area is 100 Å². The summed E-state index contributed by atoms with van der Waals surface area (Å²) in [6, 6.07) is 4.14. The lowest BCUT2D eigenvalue weighted by Gasteiger charge is -2.10. The van der Waals surface area contributed by atoms with Crippen LogP contribution in [0.3, 0.4) is 0 Å². The molecule has 16 heavy (non-hydrogen) atoms. The van der Waals surface area contributed by atoms with Gasteiger partial charge in [-0.1, -0.05) is 15.9 Å². The van der Waals surface area contributed by atoms with Gasteiger partial charge in [-0.05, 0) is 23.8 Å². The highest BCUT2D eigenvalue weighted by atomic mass is 79.9. The number of amides is 2. The lowest BCUT2D eigenvalue weighted by molar-refractivity contribution is -0.137. The Hall–Kier alpha value is -1.23. The van der Waals surface area contributed by atoms with Crippen LogP contribution in [0.5, 0.6) is 0 Å². The molecule has 1 heterocycles. The minimum atomic E-state index is -0.567. The standard InChI is InChI=1S/C11H9BrFNO2/c1-14-10(15)5-8(11(14)16)7-4-6(13)2-3-9(7)12/h2-4,8H,5H2,1H3. The molecule has 1 aromatic rings. The molecule has 5 heteroatoms. The van der Waals surface area contributed by atoms with Crippen LogP contribution in [0.15, 0.2) is 22.7 Å². The third kappa shape index (κ3) is 1.75. The van der Waals surface area contributed by atoms with E-state index in [1.54, 1.807) is 6.07 Å². The zero-order valence-electron chi connectivity index (χ0n) is 8.54. The van der Waals surface area contributed by atoms with Crippen LogP contribution in [-0.2, 0) is 9.59 Å². The molecule has 1 aliphatic rings. The maximum absolute atomic E-state index is 13.1. The number of nitrogens with zero attached hydrogens (tertiary/aromatic N) is 1. The maximum Gasteiger partial charge on any atom is 0.237 e. The van der Waals surface area contributed by atoms with Crippen LogP contribution in [0.1, 0.15) is 17.9 Å². The van der Waals surface area contributed by atoms with Gasteiger partial charge in [-0.2, -0.15) is 0 Å². The highest BCUT2D eigenvalue weighted by Gasteiger charge is 2.37. The van der Waals surface area contributed by atoms with Crippen LogP contribution in [0.2, 0.25) is 0 Å². The number of hydrogen-bond donors (Lipinski definition) is 0. The number of rotatable bonds is 1. The summed E-state index contributed by atoms with van der Waals surface area (Å²) in [6.07, 6.45) is 0.109. The van der Waals surface area contributed by atoms with Gasteiger partial charge in [0.2, 0.25) is 11.8 Å². The van der Waals surface area contributed by atoms with Gasteiger partial charge in [-0.15, -0.1) is 0 Å². The Kier molecular flexibility index (Phi) is 2.80. The first-order chi connectivity index (χ1) is 7.50. The Morgan fingerprint density at radius 1 is 1.44 bits per heavy atom. The van der Waals surface area contributed by atoms with Crippen molar-refractivity contribution >= 4 is 27.7 Å². The summed E-state index contributed by atoms with van der Waals surface area (Å²) in [5, 5.41) is 0. The molecule has 2 amide bonds. The molecular weight excluding hydrogens is 277 g/mol. The highest BCUT2D eigenvalue weighted by Crippen LogP contribution is 2.33. The molecule has 1 unspecified atom stereocenters. The lowest BCUT2D eigenvalue weighted by atomic mass is 9.97. The minimum absolute atomic E-state index is 0.109. The molecule has 1 fully saturated rings. The summed E-state index contributed by atoms with van der Waals surface area (Å²) in [7, 11) is 1.44. The van der Waals surface area contributed by atoms with Crippen molar-refractivity contribution in [3.8, 4) is 0 Å². The van der Waals surface area contributed by atoms with E-state index in [1.165, 1.54) is 19.2 Å². The Bertz CT molecular complexity index is 475. The molecule has 0 aromatic heterocycles. The molecule has 0 saturated carbocycles. The van der Waals surface area contributed by atoms with Crippen LogP contribution >= 0.6 is 15.9 Å². The van der Waals surface area contributed by atoms with Crippen LogP contribution in [0.4, 0.5) is 4.39 Å². The largest absolute Gasteiger partial charge is 0.285 e. The van der Waals surface area contributed by atoms with E-state index in [9.17, 15) is 14.0 Å². The Morgan fingerprint density at radius 3 is 2.69 bits per heavy atom. The molecule has 0 N–H and O–H groups in total. The molecule has 1 aromatic carbocycles. The maximum atomic E-state index is 13.1. The van der Waals surface area contributed by atoms with E-state index >= 15 is 0 Å². The van der Waals surface area contributed by atoms with Crippen LogP contribution in [0.25, 0.3) is 0 Å². The minimum Gasteiger partial charge on any atom is -0.285 e. The molecule has 3 nitrogen and oxygen atoms in total. The van der Waals surface area contributed by atoms with Gasteiger partial charge in [0, 0.05) is 17.9 Å². The molecule has 0 aliphatic carbocycles. The Morgan fingerprint density at radius 2 is 2.12 bits per heavy atom. The highest BCUT2D eigenvalue weighted by molar-refractivity contribution is 9.10. The molecule has 0 bridgehead atoms. The van der Waals surface area contributed by atoms with Crippen LogP contribution in [0, 0.1) is 5.82 Å². The average molecular weight is 286 g/mol. The first-order valence-electron chi connectivity index (χ1n) is 4.76. The van der Waals surface area contributed by atoms with Gasteiger partial charge >= 0.3 is 0 Å². The number of benzene rings is 1. The molecule has 84 valence electrons.